The fraction of sp³-hybridized carbons (Fsp3) is 1.00. The number of rotatable bonds is 5. The molecule has 1 unspecified atom stereocenters. The summed E-state index contributed by atoms with van der Waals surface area (Å²) < 4.78 is 37.6. The van der Waals surface area contributed by atoms with E-state index in [2.05, 4.69) is 9.62 Å². The lowest BCUT2D eigenvalue weighted by Crippen LogP contribution is -2.51. The smallest absolute Gasteiger partial charge is 0.216 e. The Balaban J connectivity index is 1.56. The van der Waals surface area contributed by atoms with Crippen LogP contribution >= 0.6 is 0 Å². The predicted octanol–water partition coefficient (Wildman–Crippen LogP) is -0.440. The molecule has 0 aromatic heterocycles. The van der Waals surface area contributed by atoms with E-state index in [0.717, 1.165) is 39.1 Å². The molecule has 3 aliphatic rings. The Hall–Kier alpha value is -0.210. The van der Waals surface area contributed by atoms with E-state index < -0.39 is 10.0 Å². The predicted molar refractivity (Wildman–Crippen MR) is 70.5 cm³/mol. The average Bonchev–Trinajstić information content (AvgIpc) is 3.01. The van der Waals surface area contributed by atoms with Crippen LogP contribution in [0.1, 0.15) is 19.3 Å². The maximum atomic E-state index is 12.2. The summed E-state index contributed by atoms with van der Waals surface area (Å²) in [7, 11) is -3.22. The van der Waals surface area contributed by atoms with E-state index in [-0.39, 0.29) is 10.8 Å². The van der Waals surface area contributed by atoms with E-state index in [1.165, 1.54) is 0 Å². The van der Waals surface area contributed by atoms with Gasteiger partial charge in [0.1, 0.15) is 5.25 Å². The van der Waals surface area contributed by atoms with Gasteiger partial charge in [-0.25, -0.2) is 13.1 Å². The molecule has 2 heterocycles. The highest BCUT2D eigenvalue weighted by Crippen LogP contribution is 2.41. The third-order valence-electron chi connectivity index (χ3n) is 4.44. The van der Waals surface area contributed by atoms with Gasteiger partial charge in [0, 0.05) is 31.8 Å². The van der Waals surface area contributed by atoms with Gasteiger partial charge in [-0.15, -0.1) is 0 Å². The standard InChI is InChI=1S/C12H22N2O4S/c15-19(16,11-1-6-18-9-11)13-10-12(2-3-12)14-4-7-17-8-5-14/h11,13H,1-10H2. The summed E-state index contributed by atoms with van der Waals surface area (Å²) >= 11 is 0. The van der Waals surface area contributed by atoms with E-state index in [0.29, 0.717) is 26.2 Å². The summed E-state index contributed by atoms with van der Waals surface area (Å²) in [5, 5.41) is -0.368. The zero-order valence-corrected chi connectivity index (χ0v) is 12.0. The molecule has 1 N–H and O–H groups in total. The van der Waals surface area contributed by atoms with Crippen LogP contribution in [0, 0.1) is 0 Å². The molecular weight excluding hydrogens is 268 g/mol. The van der Waals surface area contributed by atoms with Crippen LogP contribution in [0.15, 0.2) is 0 Å². The maximum absolute atomic E-state index is 12.2. The normalized spacial score (nSPS) is 31.5. The van der Waals surface area contributed by atoms with Crippen molar-refractivity contribution >= 4 is 10.0 Å². The summed E-state index contributed by atoms with van der Waals surface area (Å²) in [6, 6.07) is 0. The molecule has 19 heavy (non-hydrogen) atoms. The lowest BCUT2D eigenvalue weighted by atomic mass is 10.2. The van der Waals surface area contributed by atoms with Crippen LogP contribution in [-0.2, 0) is 19.5 Å². The third kappa shape index (κ3) is 2.95. The first kappa shape index (κ1) is 13.8. The minimum atomic E-state index is -3.22. The van der Waals surface area contributed by atoms with Crippen LogP contribution in [0.3, 0.4) is 0 Å². The van der Waals surface area contributed by atoms with Crippen molar-refractivity contribution < 1.29 is 17.9 Å². The lowest BCUT2D eigenvalue weighted by molar-refractivity contribution is 0.0108. The molecule has 0 radical (unpaired) electrons. The number of ether oxygens (including phenoxy) is 2. The quantitative estimate of drug-likeness (QED) is 0.743. The fourth-order valence-corrected chi connectivity index (χ4v) is 4.28. The van der Waals surface area contributed by atoms with Crippen LogP contribution in [0.5, 0.6) is 0 Å². The zero-order chi connectivity index (χ0) is 13.3. The summed E-state index contributed by atoms with van der Waals surface area (Å²) in [6.07, 6.45) is 2.77. The summed E-state index contributed by atoms with van der Waals surface area (Å²) in [5.74, 6) is 0. The molecule has 2 saturated heterocycles. The van der Waals surface area contributed by atoms with Crippen LogP contribution in [0.25, 0.3) is 0 Å². The second-order valence-corrected chi connectivity index (χ2v) is 7.72. The Morgan fingerprint density at radius 3 is 2.47 bits per heavy atom. The van der Waals surface area contributed by atoms with Gasteiger partial charge < -0.3 is 9.47 Å². The highest BCUT2D eigenvalue weighted by Gasteiger charge is 2.49. The van der Waals surface area contributed by atoms with Crippen molar-refractivity contribution in [2.24, 2.45) is 0 Å². The molecule has 1 atom stereocenters. The number of sulfonamides is 1. The molecule has 3 rings (SSSR count). The van der Waals surface area contributed by atoms with Crippen molar-refractivity contribution in [1.82, 2.24) is 9.62 Å². The summed E-state index contributed by atoms with van der Waals surface area (Å²) in [5.41, 5.74) is 0.0519. The topological polar surface area (TPSA) is 67.9 Å². The zero-order valence-electron chi connectivity index (χ0n) is 11.1. The lowest BCUT2D eigenvalue weighted by Gasteiger charge is -2.35. The van der Waals surface area contributed by atoms with Gasteiger partial charge in [-0.1, -0.05) is 0 Å². The van der Waals surface area contributed by atoms with Gasteiger partial charge >= 0.3 is 0 Å². The highest BCUT2D eigenvalue weighted by molar-refractivity contribution is 7.90. The van der Waals surface area contributed by atoms with Crippen LogP contribution in [0.2, 0.25) is 0 Å². The number of morpholine rings is 1. The molecule has 1 saturated carbocycles. The minimum absolute atomic E-state index is 0.0519. The molecule has 0 amide bonds. The number of hydrogen-bond donors (Lipinski definition) is 1. The van der Waals surface area contributed by atoms with Crippen molar-refractivity contribution in [2.75, 3.05) is 46.1 Å². The molecule has 0 aromatic rings. The van der Waals surface area contributed by atoms with Crippen molar-refractivity contribution in [3.05, 3.63) is 0 Å². The van der Waals surface area contributed by atoms with Gasteiger partial charge in [0.25, 0.3) is 0 Å². The SMILES string of the molecule is O=S(=O)(NCC1(N2CCOCC2)CC1)C1CCOC1. The molecule has 1 aliphatic carbocycles. The Morgan fingerprint density at radius 2 is 1.89 bits per heavy atom. The first-order chi connectivity index (χ1) is 9.12. The van der Waals surface area contributed by atoms with Crippen molar-refractivity contribution in [3.8, 4) is 0 Å². The van der Waals surface area contributed by atoms with Crippen molar-refractivity contribution in [2.45, 2.75) is 30.1 Å². The molecule has 6 nitrogen and oxygen atoms in total. The minimum Gasteiger partial charge on any atom is -0.380 e. The molecule has 0 aromatic carbocycles. The highest BCUT2D eigenvalue weighted by atomic mass is 32.2. The molecule has 3 fully saturated rings. The van der Waals surface area contributed by atoms with E-state index >= 15 is 0 Å². The molecule has 110 valence electrons. The maximum Gasteiger partial charge on any atom is 0.216 e. The average molecular weight is 290 g/mol. The number of nitrogens with zero attached hydrogens (tertiary/aromatic N) is 1. The molecule has 2 aliphatic heterocycles. The summed E-state index contributed by atoms with van der Waals surface area (Å²) in [4.78, 5) is 2.38. The van der Waals surface area contributed by atoms with Gasteiger partial charge in [0.15, 0.2) is 0 Å². The fourth-order valence-electron chi connectivity index (χ4n) is 2.90. The van der Waals surface area contributed by atoms with Crippen LogP contribution in [0.4, 0.5) is 0 Å². The Morgan fingerprint density at radius 1 is 1.16 bits per heavy atom. The second kappa shape index (κ2) is 5.29. The first-order valence-corrected chi connectivity index (χ1v) is 8.56. The van der Waals surface area contributed by atoms with Crippen LogP contribution in [-0.4, -0.2) is 70.2 Å². The Labute approximate surface area is 114 Å². The third-order valence-corrected chi connectivity index (χ3v) is 6.23. The monoisotopic (exact) mass is 290 g/mol. The summed E-state index contributed by atoms with van der Waals surface area (Å²) in [6.45, 7) is 4.75. The van der Waals surface area contributed by atoms with E-state index in [1.807, 2.05) is 0 Å². The molecule has 7 heteroatoms. The van der Waals surface area contributed by atoms with Gasteiger partial charge in [-0.2, -0.15) is 0 Å². The van der Waals surface area contributed by atoms with Gasteiger partial charge in [-0.05, 0) is 19.3 Å². The van der Waals surface area contributed by atoms with Gasteiger partial charge in [0.2, 0.25) is 10.0 Å². The van der Waals surface area contributed by atoms with Gasteiger partial charge in [0.05, 0.1) is 19.8 Å². The van der Waals surface area contributed by atoms with E-state index in [1.54, 1.807) is 0 Å². The molecular formula is C12H22N2O4S. The second-order valence-electron chi connectivity index (χ2n) is 5.68. The van der Waals surface area contributed by atoms with E-state index in [4.69, 9.17) is 9.47 Å². The largest absolute Gasteiger partial charge is 0.380 e. The number of nitrogens with one attached hydrogen (secondary N) is 1. The molecule has 0 bridgehead atoms. The van der Waals surface area contributed by atoms with Crippen molar-refractivity contribution in [1.29, 1.82) is 0 Å². The van der Waals surface area contributed by atoms with E-state index in [9.17, 15) is 8.42 Å². The van der Waals surface area contributed by atoms with Crippen LogP contribution < -0.4 is 4.72 Å². The first-order valence-electron chi connectivity index (χ1n) is 7.01. The Kier molecular flexibility index (Phi) is 3.83. The Bertz CT molecular complexity index is 409. The van der Waals surface area contributed by atoms with Gasteiger partial charge in [-0.3, -0.25) is 4.90 Å². The van der Waals surface area contributed by atoms with Crippen molar-refractivity contribution in [3.63, 3.8) is 0 Å². The molecule has 0 spiro atoms. The number of hydrogen-bond acceptors (Lipinski definition) is 5.